The highest BCUT2D eigenvalue weighted by Crippen LogP contribution is 2.27. The largest absolute Gasteiger partial charge is 0.357 e. The Morgan fingerprint density at radius 1 is 1.00 bits per heavy atom. The first-order chi connectivity index (χ1) is 17.6. The third kappa shape index (κ3) is 6.47. The maximum absolute atomic E-state index is 14.9. The highest BCUT2D eigenvalue weighted by Gasteiger charge is 2.34. The monoisotopic (exact) mass is 545 g/mol. The molecule has 0 aromatic heterocycles. The molecule has 0 bridgehead atoms. The van der Waals surface area contributed by atoms with Crippen LogP contribution in [-0.4, -0.2) is 44.8 Å². The highest BCUT2D eigenvalue weighted by atomic mass is 35.5. The van der Waals surface area contributed by atoms with Crippen LogP contribution in [0.15, 0.2) is 77.7 Å². The van der Waals surface area contributed by atoms with Crippen molar-refractivity contribution in [3.63, 3.8) is 0 Å². The Morgan fingerprint density at radius 3 is 2.22 bits per heavy atom. The Hall–Kier alpha value is -3.43. The van der Waals surface area contributed by atoms with E-state index in [1.54, 1.807) is 43.3 Å². The van der Waals surface area contributed by atoms with Crippen molar-refractivity contribution in [2.24, 2.45) is 0 Å². The lowest BCUT2D eigenvalue weighted by atomic mass is 10.1. The summed E-state index contributed by atoms with van der Waals surface area (Å²) in [6, 6.07) is 17.4. The lowest BCUT2D eigenvalue weighted by molar-refractivity contribution is -0.140. The molecule has 0 aliphatic heterocycles. The number of likely N-dealkylation sites (N-methyl/N-ethyl adjacent to an activating group) is 1. The van der Waals surface area contributed by atoms with E-state index in [0.717, 1.165) is 15.9 Å². The summed E-state index contributed by atoms with van der Waals surface area (Å²) in [6.45, 7) is 2.78. The molecule has 1 N–H and O–H groups in total. The fourth-order valence-corrected chi connectivity index (χ4v) is 5.52. The zero-order valence-corrected chi connectivity index (χ0v) is 22.4. The number of benzene rings is 3. The number of aryl methyl sites for hydroxylation is 1. The smallest absolute Gasteiger partial charge is 0.264 e. The van der Waals surface area contributed by atoms with Gasteiger partial charge in [0.05, 0.1) is 10.6 Å². The number of hydrogen-bond acceptors (Lipinski definition) is 4. The van der Waals surface area contributed by atoms with E-state index in [2.05, 4.69) is 5.32 Å². The number of carbonyl (C=O) groups excluding carboxylic acids is 2. The van der Waals surface area contributed by atoms with Gasteiger partial charge in [-0.2, -0.15) is 0 Å². The van der Waals surface area contributed by atoms with E-state index in [4.69, 9.17) is 11.6 Å². The van der Waals surface area contributed by atoms with Gasteiger partial charge in [0, 0.05) is 18.6 Å². The topological polar surface area (TPSA) is 86.8 Å². The van der Waals surface area contributed by atoms with Crippen LogP contribution in [0.3, 0.4) is 0 Å². The normalized spacial score (nSPS) is 12.0. The third-order valence-electron chi connectivity index (χ3n) is 5.94. The van der Waals surface area contributed by atoms with Gasteiger partial charge in [-0.05, 0) is 49.2 Å². The number of sulfonamides is 1. The molecule has 2 amide bonds. The number of nitrogens with zero attached hydrogens (tertiary/aromatic N) is 2. The van der Waals surface area contributed by atoms with Gasteiger partial charge in [-0.25, -0.2) is 12.8 Å². The SMILES string of the molecule is CCC(C(=O)NC)N(Cc1ccccc1Cl)C(=O)CN(c1ccccc1F)S(=O)(=O)c1ccc(C)cc1. The summed E-state index contributed by atoms with van der Waals surface area (Å²) in [4.78, 5) is 27.7. The van der Waals surface area contributed by atoms with Gasteiger partial charge < -0.3 is 10.2 Å². The van der Waals surface area contributed by atoms with E-state index in [0.29, 0.717) is 10.6 Å². The first kappa shape index (κ1) is 28.1. The van der Waals surface area contributed by atoms with Crippen LogP contribution in [0.1, 0.15) is 24.5 Å². The van der Waals surface area contributed by atoms with Gasteiger partial charge in [-0.15, -0.1) is 0 Å². The number of hydrogen-bond donors (Lipinski definition) is 1. The van der Waals surface area contributed by atoms with E-state index in [9.17, 15) is 22.4 Å². The van der Waals surface area contributed by atoms with Crippen molar-refractivity contribution in [3.8, 4) is 0 Å². The van der Waals surface area contributed by atoms with Crippen LogP contribution in [0.4, 0.5) is 10.1 Å². The lowest BCUT2D eigenvalue weighted by Gasteiger charge is -2.33. The minimum absolute atomic E-state index is 0.0415. The van der Waals surface area contributed by atoms with Crippen molar-refractivity contribution in [2.75, 3.05) is 17.9 Å². The van der Waals surface area contributed by atoms with Crippen molar-refractivity contribution in [1.82, 2.24) is 10.2 Å². The Balaban J connectivity index is 2.08. The molecule has 0 aliphatic carbocycles. The van der Waals surface area contributed by atoms with Crippen molar-refractivity contribution < 1.29 is 22.4 Å². The Bertz CT molecular complexity index is 1370. The van der Waals surface area contributed by atoms with Crippen LogP contribution in [0.5, 0.6) is 0 Å². The average Bonchev–Trinajstić information content (AvgIpc) is 2.88. The second kappa shape index (κ2) is 12.2. The van der Waals surface area contributed by atoms with Gasteiger partial charge in [-0.3, -0.25) is 13.9 Å². The number of amides is 2. The number of rotatable bonds is 10. The number of nitrogens with one attached hydrogen (secondary N) is 1. The summed E-state index contributed by atoms with van der Waals surface area (Å²) in [5.74, 6) is -1.90. The van der Waals surface area contributed by atoms with Crippen molar-refractivity contribution in [3.05, 3.63) is 94.8 Å². The van der Waals surface area contributed by atoms with Gasteiger partial charge in [-0.1, -0.05) is 66.6 Å². The maximum Gasteiger partial charge on any atom is 0.264 e. The predicted octanol–water partition coefficient (Wildman–Crippen LogP) is 4.54. The van der Waals surface area contributed by atoms with E-state index >= 15 is 0 Å². The highest BCUT2D eigenvalue weighted by molar-refractivity contribution is 7.92. The lowest BCUT2D eigenvalue weighted by Crippen LogP contribution is -2.51. The number of anilines is 1. The summed E-state index contributed by atoms with van der Waals surface area (Å²) in [7, 11) is -2.89. The second-order valence-electron chi connectivity index (χ2n) is 8.43. The molecule has 0 saturated carbocycles. The first-order valence-electron chi connectivity index (χ1n) is 11.7. The molecular weight excluding hydrogens is 517 g/mol. The standard InChI is InChI=1S/C27H29ClFN3O4S/c1-4-24(27(34)30-3)31(17-20-9-5-6-10-22(20)28)26(33)18-32(25-12-8-7-11-23(25)29)37(35,36)21-15-13-19(2)14-16-21/h5-16,24H,4,17-18H2,1-3H3,(H,30,34). The Morgan fingerprint density at radius 2 is 1.62 bits per heavy atom. The molecule has 1 unspecified atom stereocenters. The van der Waals surface area contributed by atoms with Gasteiger partial charge in [0.15, 0.2) is 0 Å². The average molecular weight is 546 g/mol. The first-order valence-corrected chi connectivity index (χ1v) is 13.5. The predicted molar refractivity (Wildman–Crippen MR) is 142 cm³/mol. The molecule has 3 aromatic carbocycles. The van der Waals surface area contributed by atoms with Crippen LogP contribution in [0.25, 0.3) is 0 Å². The van der Waals surface area contributed by atoms with Crippen LogP contribution >= 0.6 is 11.6 Å². The summed E-state index contributed by atoms with van der Waals surface area (Å²) in [6.07, 6.45) is 0.264. The molecule has 0 spiro atoms. The molecule has 1 atom stereocenters. The van der Waals surface area contributed by atoms with E-state index in [1.165, 1.54) is 42.3 Å². The van der Waals surface area contributed by atoms with Gasteiger partial charge >= 0.3 is 0 Å². The molecule has 7 nitrogen and oxygen atoms in total. The van der Waals surface area contributed by atoms with E-state index in [-0.39, 0.29) is 23.5 Å². The Labute approximate surface area is 221 Å². The molecule has 196 valence electrons. The van der Waals surface area contributed by atoms with Crippen molar-refractivity contribution in [1.29, 1.82) is 0 Å². The number of halogens is 2. The molecule has 0 heterocycles. The third-order valence-corrected chi connectivity index (χ3v) is 8.08. The Kier molecular flexibility index (Phi) is 9.29. The zero-order valence-electron chi connectivity index (χ0n) is 20.8. The molecule has 3 aromatic rings. The summed E-state index contributed by atoms with van der Waals surface area (Å²) in [5.41, 5.74) is 1.15. The molecule has 3 rings (SSSR count). The van der Waals surface area contributed by atoms with Crippen LogP contribution < -0.4 is 9.62 Å². The second-order valence-corrected chi connectivity index (χ2v) is 10.7. The van der Waals surface area contributed by atoms with Crippen LogP contribution in [-0.2, 0) is 26.2 Å². The molecule has 0 saturated heterocycles. The van der Waals surface area contributed by atoms with Crippen molar-refractivity contribution >= 4 is 39.1 Å². The fraction of sp³-hybridized carbons (Fsp3) is 0.259. The maximum atomic E-state index is 14.9. The molecular formula is C27H29ClFN3O4S. The summed E-state index contributed by atoms with van der Waals surface area (Å²) >= 11 is 6.33. The van der Waals surface area contributed by atoms with Crippen LogP contribution in [0.2, 0.25) is 5.02 Å². The molecule has 0 aliphatic rings. The number of carbonyl (C=O) groups is 2. The summed E-state index contributed by atoms with van der Waals surface area (Å²) < 4.78 is 43.0. The van der Waals surface area contributed by atoms with Gasteiger partial charge in [0.25, 0.3) is 10.0 Å². The van der Waals surface area contributed by atoms with Gasteiger partial charge in [0.1, 0.15) is 18.4 Å². The fourth-order valence-electron chi connectivity index (χ4n) is 3.90. The van der Waals surface area contributed by atoms with Crippen LogP contribution in [0, 0.1) is 12.7 Å². The van der Waals surface area contributed by atoms with Crippen molar-refractivity contribution in [2.45, 2.75) is 37.8 Å². The molecule has 0 fully saturated rings. The minimum atomic E-state index is -4.34. The molecule has 0 radical (unpaired) electrons. The quantitative estimate of drug-likeness (QED) is 0.405. The molecule has 10 heteroatoms. The molecule has 37 heavy (non-hydrogen) atoms. The van der Waals surface area contributed by atoms with Gasteiger partial charge in [0.2, 0.25) is 11.8 Å². The minimum Gasteiger partial charge on any atom is -0.357 e. The van der Waals surface area contributed by atoms with E-state index in [1.807, 2.05) is 6.92 Å². The zero-order chi connectivity index (χ0) is 27.2. The summed E-state index contributed by atoms with van der Waals surface area (Å²) in [5, 5.41) is 2.94. The number of para-hydroxylation sites is 1. The van der Waals surface area contributed by atoms with E-state index < -0.39 is 40.2 Å².